The van der Waals surface area contributed by atoms with Gasteiger partial charge in [-0.2, -0.15) is 5.10 Å². The number of nitrogens with one attached hydrogen (secondary N) is 2. The summed E-state index contributed by atoms with van der Waals surface area (Å²) in [6.07, 6.45) is 11.1. The molecule has 1 aromatic rings. The van der Waals surface area contributed by atoms with Crippen molar-refractivity contribution in [1.82, 2.24) is 5.43 Å². The van der Waals surface area contributed by atoms with E-state index in [9.17, 15) is 4.79 Å². The molecule has 0 saturated heterocycles. The Bertz CT molecular complexity index is 667. The molecule has 0 fully saturated rings. The molecular weight excluding hydrogens is 286 g/mol. The van der Waals surface area contributed by atoms with Crippen molar-refractivity contribution in [2.24, 2.45) is 5.10 Å². The molecule has 1 aromatic carbocycles. The largest absolute Gasteiger partial charge is 0.388 e. The Hall–Kier alpha value is -2.88. The molecule has 0 aliphatic heterocycles. The first-order chi connectivity index (χ1) is 11.1. The number of nitrogens with zero attached hydrogens (tertiary/aromatic N) is 1. The van der Waals surface area contributed by atoms with Gasteiger partial charge < -0.3 is 5.32 Å². The van der Waals surface area contributed by atoms with Gasteiger partial charge >= 0.3 is 0 Å². The van der Waals surface area contributed by atoms with Gasteiger partial charge in [0.05, 0.1) is 6.21 Å². The van der Waals surface area contributed by atoms with Crippen LogP contribution in [0.2, 0.25) is 0 Å². The van der Waals surface area contributed by atoms with Crippen molar-refractivity contribution in [1.29, 1.82) is 0 Å². The number of hydrogen-bond acceptors (Lipinski definition) is 3. The predicted molar refractivity (Wildman–Crippen MR) is 99.4 cm³/mol. The van der Waals surface area contributed by atoms with E-state index in [1.165, 1.54) is 0 Å². The molecule has 0 atom stereocenters. The second-order valence-electron chi connectivity index (χ2n) is 4.67. The highest BCUT2D eigenvalue weighted by Gasteiger charge is 2.11. The number of carbonyl (C=O) groups excluding carboxylic acids is 1. The third-order valence-electron chi connectivity index (χ3n) is 3.02. The van der Waals surface area contributed by atoms with Crippen LogP contribution in [-0.2, 0) is 4.79 Å². The first kappa shape index (κ1) is 18.2. The minimum Gasteiger partial charge on any atom is -0.388 e. The van der Waals surface area contributed by atoms with Crippen LogP contribution in [0, 0.1) is 0 Å². The van der Waals surface area contributed by atoms with Gasteiger partial charge in [-0.1, -0.05) is 55.2 Å². The zero-order chi connectivity index (χ0) is 17.1. The Labute approximate surface area is 138 Å². The molecular formula is C19H23N3O. The lowest BCUT2D eigenvalue weighted by Crippen LogP contribution is -2.19. The second-order valence-corrected chi connectivity index (χ2v) is 4.67. The molecule has 0 saturated carbocycles. The molecule has 120 valence electrons. The summed E-state index contributed by atoms with van der Waals surface area (Å²) >= 11 is 0. The van der Waals surface area contributed by atoms with Crippen molar-refractivity contribution in [3.63, 3.8) is 0 Å². The van der Waals surface area contributed by atoms with Crippen molar-refractivity contribution < 1.29 is 4.79 Å². The van der Waals surface area contributed by atoms with Gasteiger partial charge in [-0.25, -0.2) is 5.43 Å². The average Bonchev–Trinajstić information content (AvgIpc) is 2.58. The molecule has 0 spiro atoms. The summed E-state index contributed by atoms with van der Waals surface area (Å²) in [5, 5.41) is 7.03. The van der Waals surface area contributed by atoms with Gasteiger partial charge in [0.15, 0.2) is 0 Å². The maximum absolute atomic E-state index is 12.2. The average molecular weight is 309 g/mol. The molecule has 1 amide bonds. The highest BCUT2D eigenvalue weighted by molar-refractivity contribution is 6.20. The predicted octanol–water partition coefficient (Wildman–Crippen LogP) is 3.92. The summed E-state index contributed by atoms with van der Waals surface area (Å²) < 4.78 is 0. The SMILES string of the molecule is C=C(C(=O)N/N=C/C(/C=C\C)=C/C=C\C)c1ccccc1NC. The van der Waals surface area contributed by atoms with E-state index in [1.54, 1.807) is 13.3 Å². The molecule has 2 N–H and O–H groups in total. The Morgan fingerprint density at radius 1 is 1.22 bits per heavy atom. The molecule has 0 unspecified atom stereocenters. The number of para-hydroxylation sites is 1. The molecule has 4 nitrogen and oxygen atoms in total. The molecule has 1 rings (SSSR count). The van der Waals surface area contributed by atoms with Crippen molar-refractivity contribution in [2.75, 3.05) is 12.4 Å². The summed E-state index contributed by atoms with van der Waals surface area (Å²) in [7, 11) is 1.80. The zero-order valence-corrected chi connectivity index (χ0v) is 13.8. The zero-order valence-electron chi connectivity index (χ0n) is 13.8. The summed E-state index contributed by atoms with van der Waals surface area (Å²) in [5.74, 6) is -0.338. The van der Waals surface area contributed by atoms with Crippen molar-refractivity contribution >= 4 is 23.4 Å². The van der Waals surface area contributed by atoms with Gasteiger partial charge in [-0.15, -0.1) is 0 Å². The minimum absolute atomic E-state index is 0.338. The van der Waals surface area contributed by atoms with Crippen molar-refractivity contribution in [2.45, 2.75) is 13.8 Å². The van der Waals surface area contributed by atoms with Gasteiger partial charge in [0.2, 0.25) is 0 Å². The number of benzene rings is 1. The lowest BCUT2D eigenvalue weighted by molar-refractivity contribution is -0.115. The maximum atomic E-state index is 12.2. The van der Waals surface area contributed by atoms with Crippen LogP contribution in [0.4, 0.5) is 5.69 Å². The molecule has 4 heteroatoms. The summed E-state index contributed by atoms with van der Waals surface area (Å²) in [5.41, 5.74) is 5.34. The molecule has 0 heterocycles. The lowest BCUT2D eigenvalue weighted by atomic mass is 10.1. The number of anilines is 1. The van der Waals surface area contributed by atoms with E-state index in [1.807, 2.05) is 68.5 Å². The van der Waals surface area contributed by atoms with Crippen LogP contribution in [-0.4, -0.2) is 19.2 Å². The number of rotatable bonds is 7. The van der Waals surface area contributed by atoms with Crippen LogP contribution >= 0.6 is 0 Å². The first-order valence-electron chi connectivity index (χ1n) is 7.39. The Morgan fingerprint density at radius 2 is 1.96 bits per heavy atom. The monoisotopic (exact) mass is 309 g/mol. The molecule has 0 aliphatic carbocycles. The standard InChI is InChI=1S/C19H23N3O/c1-5-7-11-16(10-6-2)14-21-22-19(23)15(3)17-12-8-9-13-18(17)20-4/h5-14,20H,3H2,1-2,4H3,(H,22,23)/b7-5-,10-6-,16-11+,21-14+. The minimum atomic E-state index is -0.338. The summed E-state index contributed by atoms with van der Waals surface area (Å²) in [4.78, 5) is 12.2. The Balaban J connectivity index is 2.79. The highest BCUT2D eigenvalue weighted by atomic mass is 16.2. The number of amides is 1. The Morgan fingerprint density at radius 3 is 2.61 bits per heavy atom. The molecule has 0 aromatic heterocycles. The van der Waals surface area contributed by atoms with Crippen LogP contribution in [0.5, 0.6) is 0 Å². The van der Waals surface area contributed by atoms with E-state index in [2.05, 4.69) is 22.4 Å². The number of allylic oxidation sites excluding steroid dienone is 6. The normalized spacial score (nSPS) is 12.2. The number of carbonyl (C=O) groups is 1. The second kappa shape index (κ2) is 9.95. The lowest BCUT2D eigenvalue weighted by Gasteiger charge is -2.10. The van der Waals surface area contributed by atoms with Gasteiger partial charge in [0, 0.05) is 23.9 Å². The summed E-state index contributed by atoms with van der Waals surface area (Å²) in [6.45, 7) is 7.71. The molecule has 23 heavy (non-hydrogen) atoms. The maximum Gasteiger partial charge on any atom is 0.271 e. The van der Waals surface area contributed by atoms with Crippen LogP contribution in [0.1, 0.15) is 19.4 Å². The molecule has 0 aliphatic rings. The fraction of sp³-hybridized carbons (Fsp3) is 0.158. The van der Waals surface area contributed by atoms with E-state index < -0.39 is 0 Å². The highest BCUT2D eigenvalue weighted by Crippen LogP contribution is 2.21. The van der Waals surface area contributed by atoms with Gasteiger partial charge in [0.1, 0.15) is 0 Å². The fourth-order valence-corrected chi connectivity index (χ4v) is 1.86. The van der Waals surface area contributed by atoms with E-state index in [4.69, 9.17) is 0 Å². The van der Waals surface area contributed by atoms with E-state index >= 15 is 0 Å². The van der Waals surface area contributed by atoms with E-state index in [-0.39, 0.29) is 5.91 Å². The van der Waals surface area contributed by atoms with Gasteiger partial charge in [-0.3, -0.25) is 4.79 Å². The van der Waals surface area contributed by atoms with Gasteiger partial charge in [0.25, 0.3) is 5.91 Å². The Kier molecular flexibility index (Phi) is 7.86. The first-order valence-corrected chi connectivity index (χ1v) is 7.39. The molecule has 0 bridgehead atoms. The van der Waals surface area contributed by atoms with Crippen LogP contribution in [0.25, 0.3) is 5.57 Å². The quantitative estimate of drug-likeness (QED) is 0.347. The van der Waals surface area contributed by atoms with E-state index in [0.717, 1.165) is 16.8 Å². The van der Waals surface area contributed by atoms with Crippen LogP contribution in [0.15, 0.2) is 71.9 Å². The van der Waals surface area contributed by atoms with E-state index in [0.29, 0.717) is 5.57 Å². The number of hydrogen-bond donors (Lipinski definition) is 2. The smallest absolute Gasteiger partial charge is 0.271 e. The van der Waals surface area contributed by atoms with Crippen molar-refractivity contribution in [3.05, 3.63) is 72.4 Å². The topological polar surface area (TPSA) is 53.5 Å². The third kappa shape index (κ3) is 5.79. The fourth-order valence-electron chi connectivity index (χ4n) is 1.86. The third-order valence-corrected chi connectivity index (χ3v) is 3.02. The van der Waals surface area contributed by atoms with Crippen molar-refractivity contribution in [3.8, 4) is 0 Å². The van der Waals surface area contributed by atoms with Gasteiger partial charge in [-0.05, 0) is 25.5 Å². The van der Waals surface area contributed by atoms with Crippen LogP contribution < -0.4 is 10.7 Å². The number of hydrazone groups is 1. The molecule has 0 radical (unpaired) electrons. The van der Waals surface area contributed by atoms with Crippen LogP contribution in [0.3, 0.4) is 0 Å². The summed E-state index contributed by atoms with van der Waals surface area (Å²) in [6, 6.07) is 7.49.